The van der Waals surface area contributed by atoms with Crippen LogP contribution in [0.4, 0.5) is 0 Å². The molecule has 0 saturated heterocycles. The zero-order chi connectivity index (χ0) is 7.98. The van der Waals surface area contributed by atoms with Crippen LogP contribution in [0, 0.1) is 0 Å². The predicted octanol–water partition coefficient (Wildman–Crippen LogP) is 0.0742. The van der Waals surface area contributed by atoms with Crippen LogP contribution in [-0.2, 0) is 4.79 Å². The van der Waals surface area contributed by atoms with E-state index in [0.29, 0.717) is 0 Å². The van der Waals surface area contributed by atoms with Crippen molar-refractivity contribution in [1.29, 1.82) is 0 Å². The number of amides is 1. The zero-order valence-electron chi connectivity index (χ0n) is 6.98. The Kier molecular flexibility index (Phi) is 4.94. The molecule has 0 aromatic rings. The van der Waals surface area contributed by atoms with Gasteiger partial charge in [0.25, 0.3) is 0 Å². The van der Waals surface area contributed by atoms with Gasteiger partial charge in [0.05, 0.1) is 0 Å². The minimum atomic E-state index is 0.135. The molecule has 0 rings (SSSR count). The molecule has 0 unspecified atom stereocenters. The molecule has 3 heteroatoms. The number of carbonyl (C=O) groups excluding carboxylic acids is 1. The van der Waals surface area contributed by atoms with E-state index < -0.39 is 0 Å². The molecule has 0 aliphatic heterocycles. The van der Waals surface area contributed by atoms with Gasteiger partial charge in [-0.25, -0.2) is 0 Å². The van der Waals surface area contributed by atoms with Crippen LogP contribution in [0.5, 0.6) is 0 Å². The van der Waals surface area contributed by atoms with Gasteiger partial charge < -0.3 is 10.2 Å². The van der Waals surface area contributed by atoms with E-state index in [9.17, 15) is 4.79 Å². The fraction of sp³-hybridized carbons (Fsp3) is 0.857. The molecule has 0 aliphatic rings. The summed E-state index contributed by atoms with van der Waals surface area (Å²) in [6, 6.07) is 0. The van der Waals surface area contributed by atoms with Crippen LogP contribution in [-0.4, -0.2) is 38.0 Å². The number of rotatable bonds is 4. The summed E-state index contributed by atoms with van der Waals surface area (Å²) in [5.74, 6) is 0.135. The van der Waals surface area contributed by atoms with Crippen molar-refractivity contribution in [2.75, 3.05) is 27.2 Å². The molecule has 0 fully saturated rings. The van der Waals surface area contributed by atoms with Crippen molar-refractivity contribution in [3.63, 3.8) is 0 Å². The molecule has 0 aliphatic carbocycles. The van der Waals surface area contributed by atoms with Gasteiger partial charge in [-0.05, 0) is 20.0 Å². The molecule has 10 heavy (non-hydrogen) atoms. The average Bonchev–Trinajstić information content (AvgIpc) is 1.88. The Bertz CT molecular complexity index is 104. The van der Waals surface area contributed by atoms with E-state index in [1.807, 2.05) is 14.1 Å². The van der Waals surface area contributed by atoms with Crippen LogP contribution in [0.1, 0.15) is 13.3 Å². The van der Waals surface area contributed by atoms with E-state index in [-0.39, 0.29) is 5.91 Å². The fourth-order valence-electron chi connectivity index (χ4n) is 0.650. The maximum Gasteiger partial charge on any atom is 0.219 e. The Balaban J connectivity index is 3.21. The summed E-state index contributed by atoms with van der Waals surface area (Å²) < 4.78 is 0. The molecule has 0 aromatic heterocycles. The highest BCUT2D eigenvalue weighted by Crippen LogP contribution is 1.85. The highest BCUT2D eigenvalue weighted by atomic mass is 16.2. The maximum absolute atomic E-state index is 10.6. The minimum absolute atomic E-state index is 0.135. The molecular formula is C7H16N2O. The van der Waals surface area contributed by atoms with Crippen molar-refractivity contribution in [2.24, 2.45) is 0 Å². The second-order valence-corrected chi connectivity index (χ2v) is 2.40. The van der Waals surface area contributed by atoms with Crippen molar-refractivity contribution in [1.82, 2.24) is 10.2 Å². The van der Waals surface area contributed by atoms with E-state index in [1.165, 1.54) is 0 Å². The Morgan fingerprint density at radius 1 is 1.60 bits per heavy atom. The molecular weight excluding hydrogens is 128 g/mol. The first-order chi connectivity index (χ1) is 4.68. The molecule has 0 bridgehead atoms. The molecule has 0 spiro atoms. The second kappa shape index (κ2) is 5.23. The Morgan fingerprint density at radius 2 is 2.20 bits per heavy atom. The summed E-state index contributed by atoms with van der Waals surface area (Å²) in [5, 5.41) is 3.02. The number of nitrogens with one attached hydrogen (secondary N) is 1. The van der Waals surface area contributed by atoms with Crippen LogP contribution in [0.15, 0.2) is 0 Å². The van der Waals surface area contributed by atoms with Crippen molar-refractivity contribution in [3.05, 3.63) is 0 Å². The highest BCUT2D eigenvalue weighted by molar-refractivity contribution is 5.72. The van der Waals surface area contributed by atoms with Gasteiger partial charge in [0.2, 0.25) is 5.91 Å². The van der Waals surface area contributed by atoms with Crippen LogP contribution in [0.2, 0.25) is 0 Å². The number of hydrogen-bond acceptors (Lipinski definition) is 2. The molecule has 0 aromatic carbocycles. The van der Waals surface area contributed by atoms with Crippen molar-refractivity contribution >= 4 is 5.91 Å². The van der Waals surface area contributed by atoms with Crippen molar-refractivity contribution in [3.8, 4) is 0 Å². The van der Waals surface area contributed by atoms with Crippen molar-refractivity contribution < 1.29 is 4.79 Å². The standard InChI is InChI=1S/C7H16N2O/c1-7(10)9(3)6-4-5-8-2/h8H,4-6H2,1-3H3. The van der Waals surface area contributed by atoms with Gasteiger partial charge >= 0.3 is 0 Å². The summed E-state index contributed by atoms with van der Waals surface area (Å²) in [5.41, 5.74) is 0. The summed E-state index contributed by atoms with van der Waals surface area (Å²) >= 11 is 0. The molecule has 0 radical (unpaired) electrons. The minimum Gasteiger partial charge on any atom is -0.346 e. The normalized spacial score (nSPS) is 9.50. The lowest BCUT2D eigenvalue weighted by Gasteiger charge is -2.13. The quantitative estimate of drug-likeness (QED) is 0.566. The van der Waals surface area contributed by atoms with E-state index in [2.05, 4.69) is 5.32 Å². The van der Waals surface area contributed by atoms with E-state index in [4.69, 9.17) is 0 Å². The summed E-state index contributed by atoms with van der Waals surface area (Å²) in [6.45, 7) is 3.40. The number of nitrogens with zero attached hydrogens (tertiary/aromatic N) is 1. The largest absolute Gasteiger partial charge is 0.346 e. The van der Waals surface area contributed by atoms with E-state index in [1.54, 1.807) is 11.8 Å². The van der Waals surface area contributed by atoms with Gasteiger partial charge in [-0.3, -0.25) is 4.79 Å². The van der Waals surface area contributed by atoms with E-state index >= 15 is 0 Å². The van der Waals surface area contributed by atoms with Crippen LogP contribution < -0.4 is 5.32 Å². The molecule has 60 valence electrons. The average molecular weight is 144 g/mol. The van der Waals surface area contributed by atoms with Gasteiger partial charge in [-0.1, -0.05) is 0 Å². The second-order valence-electron chi connectivity index (χ2n) is 2.40. The fourth-order valence-corrected chi connectivity index (χ4v) is 0.650. The molecule has 3 nitrogen and oxygen atoms in total. The SMILES string of the molecule is CNCCCN(C)C(C)=O. The zero-order valence-corrected chi connectivity index (χ0v) is 6.98. The Labute approximate surface area is 62.4 Å². The summed E-state index contributed by atoms with van der Waals surface area (Å²) in [4.78, 5) is 12.4. The summed E-state index contributed by atoms with van der Waals surface area (Å²) in [6.07, 6.45) is 1.02. The van der Waals surface area contributed by atoms with E-state index in [0.717, 1.165) is 19.5 Å². The summed E-state index contributed by atoms with van der Waals surface area (Å²) in [7, 11) is 3.73. The lowest BCUT2D eigenvalue weighted by Crippen LogP contribution is -2.26. The van der Waals surface area contributed by atoms with Crippen LogP contribution >= 0.6 is 0 Å². The third kappa shape index (κ3) is 4.32. The molecule has 1 amide bonds. The Hall–Kier alpha value is -0.570. The first-order valence-corrected chi connectivity index (χ1v) is 3.54. The Morgan fingerprint density at radius 3 is 2.60 bits per heavy atom. The molecule has 0 heterocycles. The van der Waals surface area contributed by atoms with Gasteiger partial charge in [0, 0.05) is 20.5 Å². The lowest BCUT2D eigenvalue weighted by molar-refractivity contribution is -0.127. The molecule has 0 atom stereocenters. The van der Waals surface area contributed by atoms with Gasteiger partial charge in [-0.15, -0.1) is 0 Å². The first kappa shape index (κ1) is 9.43. The van der Waals surface area contributed by atoms with Crippen LogP contribution in [0.3, 0.4) is 0 Å². The number of carbonyl (C=O) groups is 1. The predicted molar refractivity (Wildman–Crippen MR) is 41.9 cm³/mol. The molecule has 1 N–H and O–H groups in total. The van der Waals surface area contributed by atoms with Crippen LogP contribution in [0.25, 0.3) is 0 Å². The molecule has 0 saturated carbocycles. The smallest absolute Gasteiger partial charge is 0.219 e. The topological polar surface area (TPSA) is 32.3 Å². The third-order valence-corrected chi connectivity index (χ3v) is 1.46. The van der Waals surface area contributed by atoms with Crippen molar-refractivity contribution in [2.45, 2.75) is 13.3 Å². The van der Waals surface area contributed by atoms with Gasteiger partial charge in [-0.2, -0.15) is 0 Å². The third-order valence-electron chi connectivity index (χ3n) is 1.46. The maximum atomic E-state index is 10.6. The highest BCUT2D eigenvalue weighted by Gasteiger charge is 1.98. The lowest BCUT2D eigenvalue weighted by atomic mass is 10.4. The first-order valence-electron chi connectivity index (χ1n) is 3.54. The van der Waals surface area contributed by atoms with Gasteiger partial charge in [0.15, 0.2) is 0 Å². The van der Waals surface area contributed by atoms with Gasteiger partial charge in [0.1, 0.15) is 0 Å². The monoisotopic (exact) mass is 144 g/mol. The number of hydrogen-bond donors (Lipinski definition) is 1.